The summed E-state index contributed by atoms with van der Waals surface area (Å²) in [6.07, 6.45) is 14.5. The van der Waals surface area contributed by atoms with Crippen molar-refractivity contribution in [2.24, 2.45) is 0 Å². The number of aliphatic hydroxyl groups excluding tert-OH is 4. The summed E-state index contributed by atoms with van der Waals surface area (Å²) in [7, 11) is 0. The minimum atomic E-state index is -1.61. The molecule has 0 spiro atoms. The lowest BCUT2D eigenvalue weighted by Crippen LogP contribution is -2.63. The van der Waals surface area contributed by atoms with E-state index in [1.165, 1.54) is 44.9 Å². The standard InChI is InChI=1S/C26H48N2O8/c1-2-3-4-5-6-7-8-9-10-11-12-13-14-15-16-17-21(30)27-18-22(31)36-28-23-25(33)24(32)20(19-29)35-26(23)34/h9-10,20,23-26,28-29,32-34H,2-8,11-19H2,1H3,(H,27,30)/b10-9+. The van der Waals surface area contributed by atoms with E-state index in [2.05, 4.69) is 29.9 Å². The minimum absolute atomic E-state index is 0.258. The summed E-state index contributed by atoms with van der Waals surface area (Å²) in [5.41, 5.74) is 2.15. The molecule has 0 aromatic heterocycles. The molecule has 1 aliphatic heterocycles. The highest BCUT2D eigenvalue weighted by Gasteiger charge is 2.44. The van der Waals surface area contributed by atoms with E-state index >= 15 is 0 Å². The number of amides is 1. The first-order chi connectivity index (χ1) is 17.4. The zero-order chi connectivity index (χ0) is 26.6. The van der Waals surface area contributed by atoms with Crippen LogP contribution in [0.5, 0.6) is 0 Å². The molecule has 6 N–H and O–H groups in total. The van der Waals surface area contributed by atoms with E-state index < -0.39 is 43.2 Å². The molecule has 0 radical (unpaired) electrons. The highest BCUT2D eigenvalue weighted by atomic mass is 16.7. The molecule has 0 aromatic rings. The highest BCUT2D eigenvalue weighted by molar-refractivity contribution is 5.81. The van der Waals surface area contributed by atoms with Gasteiger partial charge < -0.3 is 35.3 Å². The van der Waals surface area contributed by atoms with Gasteiger partial charge in [-0.15, -0.1) is 5.48 Å². The number of nitrogens with one attached hydrogen (secondary N) is 2. The number of allylic oxidation sites excluding steroid dienone is 2. The van der Waals surface area contributed by atoms with Crippen molar-refractivity contribution >= 4 is 11.9 Å². The summed E-state index contributed by atoms with van der Waals surface area (Å²) in [6.45, 7) is 1.27. The molecule has 5 atom stereocenters. The summed E-state index contributed by atoms with van der Waals surface area (Å²) in [4.78, 5) is 28.4. The molecule has 0 aromatic carbocycles. The number of hydrogen-bond acceptors (Lipinski definition) is 9. The zero-order valence-corrected chi connectivity index (χ0v) is 21.8. The minimum Gasteiger partial charge on any atom is -0.394 e. The van der Waals surface area contributed by atoms with Crippen molar-refractivity contribution in [1.82, 2.24) is 10.8 Å². The fourth-order valence-electron chi connectivity index (χ4n) is 4.01. The van der Waals surface area contributed by atoms with Gasteiger partial charge in [-0.1, -0.05) is 70.4 Å². The Morgan fingerprint density at radius 1 is 0.861 bits per heavy atom. The number of unbranched alkanes of at least 4 members (excludes halogenated alkanes) is 11. The molecular weight excluding hydrogens is 468 g/mol. The van der Waals surface area contributed by atoms with Crippen LogP contribution in [0.3, 0.4) is 0 Å². The molecule has 1 aliphatic rings. The predicted octanol–water partition coefficient (Wildman–Crippen LogP) is 1.99. The normalized spacial score (nSPS) is 24.2. The van der Waals surface area contributed by atoms with Gasteiger partial charge in [0.25, 0.3) is 0 Å². The van der Waals surface area contributed by atoms with Crippen molar-refractivity contribution in [2.75, 3.05) is 13.2 Å². The molecule has 1 saturated heterocycles. The van der Waals surface area contributed by atoms with Gasteiger partial charge in [-0.3, -0.25) is 4.79 Å². The van der Waals surface area contributed by atoms with Crippen LogP contribution < -0.4 is 10.8 Å². The zero-order valence-electron chi connectivity index (χ0n) is 21.8. The molecule has 10 heteroatoms. The van der Waals surface area contributed by atoms with Crippen LogP contribution in [0.15, 0.2) is 12.2 Å². The third kappa shape index (κ3) is 14.2. The Hall–Kier alpha value is -1.56. The second-order valence-electron chi connectivity index (χ2n) is 9.46. The van der Waals surface area contributed by atoms with E-state index in [0.717, 1.165) is 38.5 Å². The molecule has 1 heterocycles. The van der Waals surface area contributed by atoms with Gasteiger partial charge in [0.2, 0.25) is 5.91 Å². The number of rotatable bonds is 20. The van der Waals surface area contributed by atoms with Gasteiger partial charge in [-0.2, -0.15) is 0 Å². The van der Waals surface area contributed by atoms with Gasteiger partial charge in [0.05, 0.1) is 6.61 Å². The number of hydroxylamine groups is 1. The Kier molecular flexibility index (Phi) is 18.5. The van der Waals surface area contributed by atoms with E-state index in [9.17, 15) is 24.9 Å². The molecule has 5 unspecified atom stereocenters. The van der Waals surface area contributed by atoms with Gasteiger partial charge in [0.15, 0.2) is 6.29 Å². The maximum absolute atomic E-state index is 11.9. The van der Waals surface area contributed by atoms with Gasteiger partial charge in [0.1, 0.15) is 30.9 Å². The summed E-state index contributed by atoms with van der Waals surface area (Å²) in [5.74, 6) is -1.09. The topological polar surface area (TPSA) is 158 Å². The van der Waals surface area contributed by atoms with Crippen LogP contribution in [0, 0.1) is 0 Å². The fraction of sp³-hybridized carbons (Fsp3) is 0.846. The molecule has 0 saturated carbocycles. The van der Waals surface area contributed by atoms with Crippen molar-refractivity contribution in [3.05, 3.63) is 12.2 Å². The monoisotopic (exact) mass is 516 g/mol. The first-order valence-electron chi connectivity index (χ1n) is 13.6. The Morgan fingerprint density at radius 2 is 1.44 bits per heavy atom. The van der Waals surface area contributed by atoms with Crippen molar-refractivity contribution < 1.29 is 39.6 Å². The molecule has 210 valence electrons. The first-order valence-corrected chi connectivity index (χ1v) is 13.6. The van der Waals surface area contributed by atoms with Gasteiger partial charge in [-0.05, 0) is 32.1 Å². The van der Waals surface area contributed by atoms with Gasteiger partial charge >= 0.3 is 5.97 Å². The van der Waals surface area contributed by atoms with Crippen LogP contribution in [0.1, 0.15) is 96.8 Å². The summed E-state index contributed by atoms with van der Waals surface area (Å²) < 4.78 is 4.95. The molecule has 0 aliphatic carbocycles. The van der Waals surface area contributed by atoms with E-state index in [1.807, 2.05) is 0 Å². The van der Waals surface area contributed by atoms with Crippen molar-refractivity contribution in [3.63, 3.8) is 0 Å². The Bertz CT molecular complexity index is 619. The van der Waals surface area contributed by atoms with Crippen LogP contribution in [0.25, 0.3) is 0 Å². The van der Waals surface area contributed by atoms with Crippen LogP contribution >= 0.6 is 0 Å². The molecule has 1 amide bonds. The number of carbonyl (C=O) groups is 2. The molecular formula is C26H48N2O8. The molecule has 0 bridgehead atoms. The largest absolute Gasteiger partial charge is 0.394 e. The van der Waals surface area contributed by atoms with Gasteiger partial charge in [0, 0.05) is 6.42 Å². The van der Waals surface area contributed by atoms with Crippen molar-refractivity contribution in [1.29, 1.82) is 0 Å². The first kappa shape index (κ1) is 32.5. The fourth-order valence-corrected chi connectivity index (χ4v) is 4.01. The second-order valence-corrected chi connectivity index (χ2v) is 9.46. The third-order valence-electron chi connectivity index (χ3n) is 6.30. The van der Waals surface area contributed by atoms with Crippen LogP contribution in [0.4, 0.5) is 0 Å². The van der Waals surface area contributed by atoms with Crippen LogP contribution in [0.2, 0.25) is 0 Å². The maximum atomic E-state index is 11.9. The SMILES string of the molecule is CCCCCCCC/C=C/CCCCCCCC(=O)NCC(=O)ONC1C(O)OC(CO)C(O)C1O. The quantitative estimate of drug-likeness (QED) is 0.0808. The lowest BCUT2D eigenvalue weighted by Gasteiger charge is -2.39. The maximum Gasteiger partial charge on any atom is 0.344 e. The second kappa shape index (κ2) is 20.5. The molecule has 10 nitrogen and oxygen atoms in total. The Balaban J connectivity index is 1.98. The van der Waals surface area contributed by atoms with Crippen molar-refractivity contribution in [2.45, 2.75) is 127 Å². The average molecular weight is 517 g/mol. The van der Waals surface area contributed by atoms with Crippen LogP contribution in [-0.2, 0) is 19.2 Å². The lowest BCUT2D eigenvalue weighted by atomic mass is 9.98. The Labute approximate surface area is 215 Å². The number of ether oxygens (including phenoxy) is 1. The summed E-state index contributed by atoms with van der Waals surface area (Å²) in [6, 6.07) is -1.31. The van der Waals surface area contributed by atoms with Crippen LogP contribution in [-0.4, -0.2) is 76.1 Å². The number of carbonyl (C=O) groups excluding carboxylic acids is 2. The molecule has 1 fully saturated rings. The number of aliphatic hydroxyl groups is 4. The van der Waals surface area contributed by atoms with E-state index in [1.54, 1.807) is 0 Å². The summed E-state index contributed by atoms with van der Waals surface area (Å²) in [5, 5.41) is 41.1. The molecule has 36 heavy (non-hydrogen) atoms. The van der Waals surface area contributed by atoms with E-state index in [0.29, 0.717) is 6.42 Å². The highest BCUT2D eigenvalue weighted by Crippen LogP contribution is 2.19. The number of hydrogen-bond donors (Lipinski definition) is 6. The average Bonchev–Trinajstić information content (AvgIpc) is 2.87. The molecule has 1 rings (SSSR count). The predicted molar refractivity (Wildman–Crippen MR) is 135 cm³/mol. The third-order valence-corrected chi connectivity index (χ3v) is 6.30. The lowest BCUT2D eigenvalue weighted by molar-refractivity contribution is -0.267. The van der Waals surface area contributed by atoms with Crippen molar-refractivity contribution in [3.8, 4) is 0 Å². The van der Waals surface area contributed by atoms with Gasteiger partial charge in [-0.25, -0.2) is 4.79 Å². The van der Waals surface area contributed by atoms with E-state index in [-0.39, 0.29) is 12.5 Å². The van der Waals surface area contributed by atoms with E-state index in [4.69, 9.17) is 14.7 Å². The summed E-state index contributed by atoms with van der Waals surface area (Å²) >= 11 is 0. The smallest absolute Gasteiger partial charge is 0.344 e. The Morgan fingerprint density at radius 3 is 2.06 bits per heavy atom.